The minimum atomic E-state index is 0.361. The third-order valence-electron chi connectivity index (χ3n) is 2.32. The third kappa shape index (κ3) is 4.06. The number of halogens is 1. The fourth-order valence-electron chi connectivity index (χ4n) is 1.52. The molecule has 0 radical (unpaired) electrons. The van der Waals surface area contributed by atoms with Crippen molar-refractivity contribution in [2.45, 2.75) is 25.8 Å². The first kappa shape index (κ1) is 12.3. The van der Waals surface area contributed by atoms with Crippen molar-refractivity contribution in [3.05, 3.63) is 47.5 Å². The second kappa shape index (κ2) is 6.65. The SMILES string of the molecule is C=CCC(NCCC)c1ccc(Cl)cc1. The Labute approximate surface area is 97.1 Å². The number of nitrogens with one attached hydrogen (secondary N) is 1. The van der Waals surface area contributed by atoms with Gasteiger partial charge >= 0.3 is 0 Å². The van der Waals surface area contributed by atoms with Gasteiger partial charge < -0.3 is 5.32 Å². The van der Waals surface area contributed by atoms with Gasteiger partial charge in [0.25, 0.3) is 0 Å². The number of benzene rings is 1. The first-order chi connectivity index (χ1) is 7.27. The summed E-state index contributed by atoms with van der Waals surface area (Å²) >= 11 is 5.86. The van der Waals surface area contributed by atoms with Crippen LogP contribution in [0.1, 0.15) is 31.4 Å². The average Bonchev–Trinajstić information content (AvgIpc) is 2.25. The zero-order chi connectivity index (χ0) is 11.1. The second-order valence-corrected chi connectivity index (χ2v) is 4.02. The Balaban J connectivity index is 2.69. The van der Waals surface area contributed by atoms with Gasteiger partial charge in [-0.3, -0.25) is 0 Å². The number of hydrogen-bond donors (Lipinski definition) is 1. The molecule has 0 aromatic heterocycles. The molecule has 0 aliphatic heterocycles. The van der Waals surface area contributed by atoms with E-state index in [9.17, 15) is 0 Å². The molecule has 1 unspecified atom stereocenters. The monoisotopic (exact) mass is 223 g/mol. The molecule has 0 saturated carbocycles. The van der Waals surface area contributed by atoms with E-state index in [4.69, 9.17) is 11.6 Å². The quantitative estimate of drug-likeness (QED) is 0.720. The summed E-state index contributed by atoms with van der Waals surface area (Å²) in [5, 5.41) is 4.28. The molecule has 1 nitrogen and oxygen atoms in total. The molecule has 82 valence electrons. The summed E-state index contributed by atoms with van der Waals surface area (Å²) in [4.78, 5) is 0. The third-order valence-corrected chi connectivity index (χ3v) is 2.57. The summed E-state index contributed by atoms with van der Waals surface area (Å²) < 4.78 is 0. The maximum atomic E-state index is 5.86. The van der Waals surface area contributed by atoms with Crippen LogP contribution in [0.2, 0.25) is 5.02 Å². The van der Waals surface area contributed by atoms with Gasteiger partial charge in [0.15, 0.2) is 0 Å². The van der Waals surface area contributed by atoms with Crippen LogP contribution in [-0.2, 0) is 0 Å². The van der Waals surface area contributed by atoms with Crippen molar-refractivity contribution in [2.75, 3.05) is 6.54 Å². The summed E-state index contributed by atoms with van der Waals surface area (Å²) in [6, 6.07) is 8.36. The fourth-order valence-corrected chi connectivity index (χ4v) is 1.64. The molecule has 1 aromatic rings. The molecule has 0 aliphatic carbocycles. The summed E-state index contributed by atoms with van der Waals surface area (Å²) in [6.45, 7) is 6.98. The van der Waals surface area contributed by atoms with Crippen LogP contribution in [0.15, 0.2) is 36.9 Å². The lowest BCUT2D eigenvalue weighted by Gasteiger charge is -2.17. The Kier molecular flexibility index (Phi) is 5.44. The van der Waals surface area contributed by atoms with Crippen molar-refractivity contribution in [3.8, 4) is 0 Å². The Bertz CT molecular complexity index is 292. The Morgan fingerprint density at radius 2 is 2.07 bits per heavy atom. The van der Waals surface area contributed by atoms with Crippen LogP contribution in [0.5, 0.6) is 0 Å². The highest BCUT2D eigenvalue weighted by atomic mass is 35.5. The highest BCUT2D eigenvalue weighted by Crippen LogP contribution is 2.19. The molecule has 0 heterocycles. The van der Waals surface area contributed by atoms with Crippen molar-refractivity contribution >= 4 is 11.6 Å². The minimum absolute atomic E-state index is 0.361. The van der Waals surface area contributed by atoms with Crippen LogP contribution < -0.4 is 5.32 Å². The van der Waals surface area contributed by atoms with Crippen molar-refractivity contribution in [2.24, 2.45) is 0 Å². The maximum Gasteiger partial charge on any atom is 0.0406 e. The van der Waals surface area contributed by atoms with E-state index >= 15 is 0 Å². The molecule has 1 rings (SSSR count). The summed E-state index contributed by atoms with van der Waals surface area (Å²) in [5.41, 5.74) is 1.27. The van der Waals surface area contributed by atoms with Crippen molar-refractivity contribution < 1.29 is 0 Å². The van der Waals surface area contributed by atoms with Crippen LogP contribution in [0, 0.1) is 0 Å². The highest BCUT2D eigenvalue weighted by Gasteiger charge is 2.07. The fraction of sp³-hybridized carbons (Fsp3) is 0.385. The zero-order valence-corrected chi connectivity index (χ0v) is 9.93. The molecule has 1 aromatic carbocycles. The van der Waals surface area contributed by atoms with Gasteiger partial charge in [0.05, 0.1) is 0 Å². The molecule has 0 aliphatic rings. The zero-order valence-electron chi connectivity index (χ0n) is 9.17. The number of hydrogen-bond acceptors (Lipinski definition) is 1. The Morgan fingerprint density at radius 1 is 1.40 bits per heavy atom. The maximum absolute atomic E-state index is 5.86. The lowest BCUT2D eigenvalue weighted by molar-refractivity contribution is 0.537. The number of rotatable bonds is 6. The predicted octanol–water partition coefficient (Wildman–Crippen LogP) is 3.96. The topological polar surface area (TPSA) is 12.0 Å². The molecule has 15 heavy (non-hydrogen) atoms. The molecule has 0 saturated heterocycles. The van der Waals surface area contributed by atoms with E-state index < -0.39 is 0 Å². The van der Waals surface area contributed by atoms with Crippen molar-refractivity contribution in [3.63, 3.8) is 0 Å². The van der Waals surface area contributed by atoms with Crippen molar-refractivity contribution in [1.29, 1.82) is 0 Å². The summed E-state index contributed by atoms with van der Waals surface area (Å²) in [5.74, 6) is 0. The van der Waals surface area contributed by atoms with E-state index in [1.54, 1.807) is 0 Å². The normalized spacial score (nSPS) is 12.4. The van der Waals surface area contributed by atoms with E-state index in [0.29, 0.717) is 6.04 Å². The smallest absolute Gasteiger partial charge is 0.0406 e. The molecule has 0 bridgehead atoms. The standard InChI is InChI=1S/C13H18ClN/c1-3-5-13(15-10-4-2)11-6-8-12(14)9-7-11/h3,6-9,13,15H,1,4-5,10H2,2H3. The van der Waals surface area contributed by atoms with Crippen molar-refractivity contribution in [1.82, 2.24) is 5.32 Å². The molecule has 0 amide bonds. The van der Waals surface area contributed by atoms with Gasteiger partial charge in [0, 0.05) is 11.1 Å². The van der Waals surface area contributed by atoms with Crippen LogP contribution in [0.3, 0.4) is 0 Å². The van der Waals surface area contributed by atoms with Gasteiger partial charge in [-0.15, -0.1) is 6.58 Å². The minimum Gasteiger partial charge on any atom is -0.310 e. The van der Waals surface area contributed by atoms with Crippen LogP contribution in [-0.4, -0.2) is 6.54 Å². The van der Waals surface area contributed by atoms with E-state index in [2.05, 4.69) is 31.0 Å². The van der Waals surface area contributed by atoms with E-state index in [0.717, 1.165) is 24.4 Å². The van der Waals surface area contributed by atoms with Gasteiger partial charge in [-0.05, 0) is 37.1 Å². The van der Waals surface area contributed by atoms with Crippen LogP contribution >= 0.6 is 11.6 Å². The molecule has 0 fully saturated rings. The first-order valence-electron chi connectivity index (χ1n) is 5.37. The average molecular weight is 224 g/mol. The van der Waals surface area contributed by atoms with E-state index in [1.807, 2.05) is 18.2 Å². The largest absolute Gasteiger partial charge is 0.310 e. The van der Waals surface area contributed by atoms with Gasteiger partial charge in [0.2, 0.25) is 0 Å². The molecular weight excluding hydrogens is 206 g/mol. The highest BCUT2D eigenvalue weighted by molar-refractivity contribution is 6.30. The Morgan fingerprint density at radius 3 is 2.60 bits per heavy atom. The lowest BCUT2D eigenvalue weighted by Crippen LogP contribution is -2.21. The van der Waals surface area contributed by atoms with Gasteiger partial charge in [-0.2, -0.15) is 0 Å². The van der Waals surface area contributed by atoms with Crippen LogP contribution in [0.25, 0.3) is 0 Å². The van der Waals surface area contributed by atoms with Gasteiger partial charge in [-0.25, -0.2) is 0 Å². The van der Waals surface area contributed by atoms with Gasteiger partial charge in [-0.1, -0.05) is 36.7 Å². The van der Waals surface area contributed by atoms with E-state index in [1.165, 1.54) is 5.56 Å². The van der Waals surface area contributed by atoms with Crippen LogP contribution in [0.4, 0.5) is 0 Å². The molecule has 2 heteroatoms. The lowest BCUT2D eigenvalue weighted by atomic mass is 10.0. The molecule has 1 atom stereocenters. The molecule has 0 spiro atoms. The summed E-state index contributed by atoms with van der Waals surface area (Å²) in [6.07, 6.45) is 4.03. The summed E-state index contributed by atoms with van der Waals surface area (Å²) in [7, 11) is 0. The Hall–Kier alpha value is -0.790. The van der Waals surface area contributed by atoms with E-state index in [-0.39, 0.29) is 0 Å². The molecule has 1 N–H and O–H groups in total. The second-order valence-electron chi connectivity index (χ2n) is 3.58. The first-order valence-corrected chi connectivity index (χ1v) is 5.75. The predicted molar refractivity (Wildman–Crippen MR) is 67.3 cm³/mol. The molecular formula is C13H18ClN. The van der Waals surface area contributed by atoms with Gasteiger partial charge in [0.1, 0.15) is 0 Å².